The maximum Gasteiger partial charge on any atom is 0.227 e. The van der Waals surface area contributed by atoms with E-state index < -0.39 is 0 Å². The van der Waals surface area contributed by atoms with E-state index in [9.17, 15) is 4.79 Å². The van der Waals surface area contributed by atoms with Crippen LogP contribution in [0.4, 0.5) is 5.69 Å². The quantitative estimate of drug-likeness (QED) is 0.238. The molecule has 0 saturated carbocycles. The van der Waals surface area contributed by atoms with Crippen LogP contribution >= 0.6 is 11.6 Å². The third kappa shape index (κ3) is 10.3. The van der Waals surface area contributed by atoms with E-state index in [1.165, 1.54) is 29.4 Å². The van der Waals surface area contributed by atoms with Gasteiger partial charge in [0.1, 0.15) is 0 Å². The van der Waals surface area contributed by atoms with Gasteiger partial charge in [-0.2, -0.15) is 0 Å². The molecule has 0 aliphatic carbocycles. The molecule has 3 N–H and O–H groups in total. The molecule has 0 atom stereocenters. The lowest BCUT2D eigenvalue weighted by molar-refractivity contribution is -0.118. The van der Waals surface area contributed by atoms with Crippen molar-refractivity contribution in [2.75, 3.05) is 51.8 Å². The number of ether oxygens (including phenoxy) is 1. The third-order valence-corrected chi connectivity index (χ3v) is 7.65. The fourth-order valence-corrected chi connectivity index (χ4v) is 5.45. The summed E-state index contributed by atoms with van der Waals surface area (Å²) in [7, 11) is 3.75. The SMILES string of the molecule is C=C/C=C(\C=C)COCC1CCNCC1.CNC.O=C(CCc1c[nH]c2ccccc12)N1CCCc2cc(Cl)ccc21. The van der Waals surface area contributed by atoms with Crippen molar-refractivity contribution in [2.24, 2.45) is 5.92 Å². The second kappa shape index (κ2) is 18.4. The van der Waals surface area contributed by atoms with Crippen molar-refractivity contribution in [3.05, 3.63) is 102 Å². The maximum absolute atomic E-state index is 12.8. The average Bonchev–Trinajstić information content (AvgIpc) is 3.43. The molecule has 42 heavy (non-hydrogen) atoms. The zero-order chi connectivity index (χ0) is 30.2. The van der Waals surface area contributed by atoms with Crippen LogP contribution in [0.25, 0.3) is 10.9 Å². The fourth-order valence-electron chi connectivity index (χ4n) is 5.26. The van der Waals surface area contributed by atoms with Gasteiger partial charge in [0, 0.05) is 47.4 Å². The van der Waals surface area contributed by atoms with Crippen LogP contribution in [0.15, 0.2) is 85.6 Å². The summed E-state index contributed by atoms with van der Waals surface area (Å²) in [6, 6.07) is 14.0. The molecule has 3 aromatic rings. The first-order valence-electron chi connectivity index (χ1n) is 14.9. The number of hydrogen-bond acceptors (Lipinski definition) is 4. The van der Waals surface area contributed by atoms with Crippen LogP contribution in [-0.2, 0) is 22.4 Å². The summed E-state index contributed by atoms with van der Waals surface area (Å²) in [6.07, 6.45) is 13.3. The number of halogens is 1. The summed E-state index contributed by atoms with van der Waals surface area (Å²) in [4.78, 5) is 18.0. The topological polar surface area (TPSA) is 69.4 Å². The summed E-state index contributed by atoms with van der Waals surface area (Å²) in [6.45, 7) is 12.0. The Morgan fingerprint density at radius 3 is 2.67 bits per heavy atom. The molecule has 6 nitrogen and oxygen atoms in total. The van der Waals surface area contributed by atoms with E-state index in [1.54, 1.807) is 6.08 Å². The summed E-state index contributed by atoms with van der Waals surface area (Å²) in [5, 5.41) is 8.04. The van der Waals surface area contributed by atoms with E-state index in [2.05, 4.69) is 40.9 Å². The maximum atomic E-state index is 12.8. The Labute approximate surface area is 256 Å². The lowest BCUT2D eigenvalue weighted by atomic mass is 9.99. The molecule has 5 rings (SSSR count). The monoisotopic (exact) mass is 590 g/mol. The Hall–Kier alpha value is -3.16. The highest BCUT2D eigenvalue weighted by molar-refractivity contribution is 6.30. The Kier molecular flexibility index (Phi) is 14.6. The van der Waals surface area contributed by atoms with Gasteiger partial charge in [0.15, 0.2) is 0 Å². The van der Waals surface area contributed by atoms with E-state index in [4.69, 9.17) is 16.3 Å². The van der Waals surface area contributed by atoms with E-state index in [0.29, 0.717) is 13.0 Å². The highest BCUT2D eigenvalue weighted by atomic mass is 35.5. The van der Waals surface area contributed by atoms with Crippen molar-refractivity contribution in [3.8, 4) is 0 Å². The number of aromatic nitrogens is 1. The van der Waals surface area contributed by atoms with Gasteiger partial charge in [-0.1, -0.05) is 61.2 Å². The van der Waals surface area contributed by atoms with Crippen molar-refractivity contribution in [2.45, 2.75) is 38.5 Å². The van der Waals surface area contributed by atoms with Crippen LogP contribution in [-0.4, -0.2) is 57.8 Å². The molecule has 226 valence electrons. The molecule has 0 unspecified atom stereocenters. The number of piperidine rings is 1. The van der Waals surface area contributed by atoms with Crippen LogP contribution in [0.5, 0.6) is 0 Å². The zero-order valence-corrected chi connectivity index (χ0v) is 26.0. The van der Waals surface area contributed by atoms with Crippen molar-refractivity contribution in [1.82, 2.24) is 15.6 Å². The van der Waals surface area contributed by atoms with Gasteiger partial charge in [-0.15, -0.1) is 0 Å². The van der Waals surface area contributed by atoms with E-state index in [1.807, 2.05) is 67.7 Å². The lowest BCUT2D eigenvalue weighted by Gasteiger charge is -2.29. The predicted octanol–water partition coefficient (Wildman–Crippen LogP) is 6.87. The highest BCUT2D eigenvalue weighted by Gasteiger charge is 2.22. The number of anilines is 1. The Morgan fingerprint density at radius 1 is 1.17 bits per heavy atom. The van der Waals surface area contributed by atoms with Gasteiger partial charge in [-0.3, -0.25) is 4.79 Å². The van der Waals surface area contributed by atoms with Crippen molar-refractivity contribution < 1.29 is 9.53 Å². The number of carbonyl (C=O) groups is 1. The first-order valence-corrected chi connectivity index (χ1v) is 15.3. The van der Waals surface area contributed by atoms with Crippen LogP contribution in [0.1, 0.15) is 36.8 Å². The number of benzene rings is 2. The minimum Gasteiger partial charge on any atom is -0.376 e. The standard InChI is InChI=1S/C20H19ClN2O.C13H21NO.C2H7N/c21-16-8-9-19-14(12-16)4-3-11-23(19)20(24)10-7-15-13-22-18-6-2-1-5-17(15)18;1-3-5-12(4-2)10-15-11-13-6-8-14-9-7-13;1-3-2/h1-2,5-6,8-9,12-13,22H,3-4,7,10-11H2;3-5,13-14H,1-2,6-11H2;3H,1-2H3/b;12-5+;. The molecule has 1 aromatic heterocycles. The minimum atomic E-state index is 0.184. The number of carbonyl (C=O) groups excluding carboxylic acids is 1. The second-order valence-electron chi connectivity index (χ2n) is 10.7. The zero-order valence-electron chi connectivity index (χ0n) is 25.3. The number of para-hydroxylation sites is 1. The lowest BCUT2D eigenvalue weighted by Crippen LogP contribution is -2.35. The molecule has 1 saturated heterocycles. The van der Waals surface area contributed by atoms with E-state index >= 15 is 0 Å². The largest absolute Gasteiger partial charge is 0.376 e. The van der Waals surface area contributed by atoms with Crippen molar-refractivity contribution in [3.63, 3.8) is 0 Å². The van der Waals surface area contributed by atoms with E-state index in [-0.39, 0.29) is 5.91 Å². The highest BCUT2D eigenvalue weighted by Crippen LogP contribution is 2.30. The van der Waals surface area contributed by atoms with Gasteiger partial charge in [0.25, 0.3) is 0 Å². The molecule has 1 fully saturated rings. The summed E-state index contributed by atoms with van der Waals surface area (Å²) >= 11 is 6.08. The second-order valence-corrected chi connectivity index (χ2v) is 11.1. The molecule has 0 radical (unpaired) electrons. The smallest absolute Gasteiger partial charge is 0.227 e. The third-order valence-electron chi connectivity index (χ3n) is 7.42. The number of aryl methyl sites for hydroxylation is 2. The molecule has 1 amide bonds. The first kappa shape index (κ1) is 33.3. The molecular weight excluding hydrogens is 544 g/mol. The van der Waals surface area contributed by atoms with Gasteiger partial charge < -0.3 is 25.3 Å². The molecule has 7 heteroatoms. The number of rotatable bonds is 9. The van der Waals surface area contributed by atoms with Gasteiger partial charge in [0.2, 0.25) is 5.91 Å². The number of H-pyrrole nitrogens is 1. The van der Waals surface area contributed by atoms with Gasteiger partial charge in [0.05, 0.1) is 6.61 Å². The number of nitrogens with zero attached hydrogens (tertiary/aromatic N) is 1. The molecule has 2 aliphatic heterocycles. The molecule has 3 heterocycles. The normalized spacial score (nSPS) is 15.1. The van der Waals surface area contributed by atoms with Gasteiger partial charge in [-0.05, 0) is 106 Å². The average molecular weight is 591 g/mol. The van der Waals surface area contributed by atoms with Crippen LogP contribution in [0.2, 0.25) is 5.02 Å². The number of aromatic amines is 1. The number of nitrogens with one attached hydrogen (secondary N) is 3. The molecule has 2 aromatic carbocycles. The summed E-state index contributed by atoms with van der Waals surface area (Å²) in [5.74, 6) is 0.907. The number of allylic oxidation sites excluding steroid dienone is 2. The molecular formula is C35H47ClN4O2. The van der Waals surface area contributed by atoms with Gasteiger partial charge in [-0.25, -0.2) is 0 Å². The van der Waals surface area contributed by atoms with Crippen LogP contribution in [0.3, 0.4) is 0 Å². The number of hydrogen-bond donors (Lipinski definition) is 3. The van der Waals surface area contributed by atoms with Crippen LogP contribution < -0.4 is 15.5 Å². The summed E-state index contributed by atoms with van der Waals surface area (Å²) in [5.41, 5.74) is 5.62. The molecule has 0 spiro atoms. The number of fused-ring (bicyclic) bond motifs is 2. The Bertz CT molecular complexity index is 1310. The predicted molar refractivity (Wildman–Crippen MR) is 179 cm³/mol. The van der Waals surface area contributed by atoms with Crippen LogP contribution in [0, 0.1) is 5.92 Å². The summed E-state index contributed by atoms with van der Waals surface area (Å²) < 4.78 is 5.66. The van der Waals surface area contributed by atoms with Crippen molar-refractivity contribution in [1.29, 1.82) is 0 Å². The first-order chi connectivity index (χ1) is 20.5. The van der Waals surface area contributed by atoms with Crippen molar-refractivity contribution >= 4 is 34.1 Å². The Morgan fingerprint density at radius 2 is 1.93 bits per heavy atom. The molecule has 2 aliphatic rings. The fraction of sp³-hybridized carbons (Fsp3) is 0.400. The molecule has 0 bridgehead atoms. The minimum absolute atomic E-state index is 0.184. The number of amides is 1. The Balaban J connectivity index is 0.000000232. The van der Waals surface area contributed by atoms with Gasteiger partial charge >= 0.3 is 0 Å². The van der Waals surface area contributed by atoms with E-state index in [0.717, 1.165) is 73.2 Å².